The minimum atomic E-state index is -2.63. The predicted molar refractivity (Wildman–Crippen MR) is 82.9 cm³/mol. The zero-order valence-corrected chi connectivity index (χ0v) is 13.1. The van der Waals surface area contributed by atoms with Crippen LogP contribution in [0, 0.1) is 6.92 Å². The fourth-order valence-electron chi connectivity index (χ4n) is 3.27. The molecule has 0 radical (unpaired) electrons. The number of H-pyrrole nitrogens is 1. The van der Waals surface area contributed by atoms with E-state index in [9.17, 15) is 18.4 Å². The molecule has 2 heterocycles. The number of amides is 1. The Balaban J connectivity index is 1.88. The summed E-state index contributed by atoms with van der Waals surface area (Å²) in [5.41, 5.74) is 1.52. The molecule has 0 atom stereocenters. The van der Waals surface area contributed by atoms with Crippen molar-refractivity contribution in [2.24, 2.45) is 7.05 Å². The Kier molecular flexibility index (Phi) is 3.74. The van der Waals surface area contributed by atoms with E-state index in [1.807, 2.05) is 6.92 Å². The Morgan fingerprint density at radius 1 is 1.39 bits per heavy atom. The summed E-state index contributed by atoms with van der Waals surface area (Å²) in [6, 6.07) is -0.277. The molecule has 1 saturated carbocycles. The molecule has 23 heavy (non-hydrogen) atoms. The maximum atomic E-state index is 13.2. The van der Waals surface area contributed by atoms with E-state index < -0.39 is 5.92 Å². The zero-order valence-electron chi connectivity index (χ0n) is 13.1. The van der Waals surface area contributed by atoms with E-state index in [0.717, 1.165) is 5.56 Å². The number of pyridine rings is 1. The van der Waals surface area contributed by atoms with Crippen molar-refractivity contribution >= 4 is 16.8 Å². The summed E-state index contributed by atoms with van der Waals surface area (Å²) in [5, 5.41) is 3.13. The number of aromatic nitrogens is 2. The van der Waals surface area contributed by atoms with Crippen molar-refractivity contribution in [3.05, 3.63) is 33.9 Å². The third kappa shape index (κ3) is 2.87. The number of nitrogens with zero attached hydrogens (tertiary/aromatic N) is 1. The van der Waals surface area contributed by atoms with Crippen molar-refractivity contribution < 1.29 is 13.6 Å². The molecule has 5 nitrogen and oxygen atoms in total. The Hall–Kier alpha value is -2.18. The Labute approximate surface area is 131 Å². The SMILES string of the molecule is Cc1c[nH]c(=O)c2c(C(=O)NC3CCC(F)(F)CC3)cn(C)c12. The lowest BCUT2D eigenvalue weighted by Crippen LogP contribution is -2.40. The molecule has 0 aromatic carbocycles. The van der Waals surface area contributed by atoms with Crippen LogP contribution in [0.1, 0.15) is 41.6 Å². The zero-order chi connectivity index (χ0) is 16.8. The number of hydrogen-bond donors (Lipinski definition) is 2. The first kappa shape index (κ1) is 15.7. The second-order valence-corrected chi connectivity index (χ2v) is 6.28. The Bertz CT molecular complexity index is 813. The van der Waals surface area contributed by atoms with Crippen LogP contribution in [0.25, 0.3) is 10.9 Å². The van der Waals surface area contributed by atoms with Gasteiger partial charge in [-0.2, -0.15) is 0 Å². The highest BCUT2D eigenvalue weighted by Gasteiger charge is 2.35. The lowest BCUT2D eigenvalue weighted by atomic mass is 9.92. The summed E-state index contributed by atoms with van der Waals surface area (Å²) < 4.78 is 28.1. The molecule has 2 N–H and O–H groups in total. The number of aromatic amines is 1. The van der Waals surface area contributed by atoms with Crippen molar-refractivity contribution in [3.8, 4) is 0 Å². The maximum absolute atomic E-state index is 13.2. The van der Waals surface area contributed by atoms with Crippen LogP contribution in [-0.2, 0) is 7.05 Å². The van der Waals surface area contributed by atoms with Crippen molar-refractivity contribution in [1.82, 2.24) is 14.9 Å². The van der Waals surface area contributed by atoms with E-state index in [2.05, 4.69) is 10.3 Å². The number of nitrogens with one attached hydrogen (secondary N) is 2. The molecule has 0 aliphatic heterocycles. The van der Waals surface area contributed by atoms with Crippen molar-refractivity contribution in [1.29, 1.82) is 0 Å². The number of aryl methyl sites for hydroxylation is 2. The van der Waals surface area contributed by atoms with Crippen LogP contribution in [0.15, 0.2) is 17.2 Å². The number of carbonyl (C=O) groups is 1. The number of rotatable bonds is 2. The number of carbonyl (C=O) groups excluding carboxylic acids is 1. The van der Waals surface area contributed by atoms with Crippen LogP contribution in [0.2, 0.25) is 0 Å². The Morgan fingerprint density at radius 2 is 2.04 bits per heavy atom. The molecule has 2 aromatic rings. The van der Waals surface area contributed by atoms with Crippen LogP contribution in [0.5, 0.6) is 0 Å². The summed E-state index contributed by atoms with van der Waals surface area (Å²) in [7, 11) is 1.77. The first-order valence-corrected chi connectivity index (χ1v) is 7.64. The van der Waals surface area contributed by atoms with Gasteiger partial charge in [0.25, 0.3) is 11.5 Å². The molecule has 2 aromatic heterocycles. The fourth-order valence-corrected chi connectivity index (χ4v) is 3.27. The Morgan fingerprint density at radius 3 is 2.70 bits per heavy atom. The number of alkyl halides is 2. The third-order valence-corrected chi connectivity index (χ3v) is 4.50. The highest BCUT2D eigenvalue weighted by Crippen LogP contribution is 2.33. The first-order chi connectivity index (χ1) is 10.8. The molecule has 0 bridgehead atoms. The van der Waals surface area contributed by atoms with Gasteiger partial charge in [0.05, 0.1) is 16.5 Å². The first-order valence-electron chi connectivity index (χ1n) is 7.64. The van der Waals surface area contributed by atoms with Gasteiger partial charge in [0, 0.05) is 38.3 Å². The van der Waals surface area contributed by atoms with E-state index in [4.69, 9.17) is 0 Å². The van der Waals surface area contributed by atoms with Gasteiger partial charge >= 0.3 is 0 Å². The quantitative estimate of drug-likeness (QED) is 0.891. The molecular formula is C16H19F2N3O2. The number of fused-ring (bicyclic) bond motifs is 1. The number of halogens is 2. The lowest BCUT2D eigenvalue weighted by molar-refractivity contribution is -0.0399. The molecule has 0 saturated heterocycles. The van der Waals surface area contributed by atoms with Crippen LogP contribution in [0.4, 0.5) is 8.78 Å². The second kappa shape index (κ2) is 5.47. The van der Waals surface area contributed by atoms with Gasteiger partial charge in [-0.3, -0.25) is 9.59 Å². The molecule has 1 amide bonds. The molecule has 0 spiro atoms. The largest absolute Gasteiger partial charge is 0.349 e. The van der Waals surface area contributed by atoms with Crippen LogP contribution in [0.3, 0.4) is 0 Å². The normalized spacial score (nSPS) is 18.3. The van der Waals surface area contributed by atoms with Gasteiger partial charge in [0.15, 0.2) is 0 Å². The molecule has 1 fully saturated rings. The van der Waals surface area contributed by atoms with Gasteiger partial charge in [-0.15, -0.1) is 0 Å². The standard InChI is InChI=1S/C16H19F2N3O2/c1-9-7-19-15(23)12-11(8-21(2)13(9)12)14(22)20-10-3-5-16(17,18)6-4-10/h7-8,10H,3-6H2,1-2H3,(H,19,23)(H,20,22). The molecule has 0 unspecified atom stereocenters. The van der Waals surface area contributed by atoms with Crippen molar-refractivity contribution in [2.45, 2.75) is 44.6 Å². The van der Waals surface area contributed by atoms with E-state index >= 15 is 0 Å². The smallest absolute Gasteiger partial charge is 0.258 e. The monoisotopic (exact) mass is 323 g/mol. The average molecular weight is 323 g/mol. The van der Waals surface area contributed by atoms with Gasteiger partial charge in [-0.1, -0.05) is 0 Å². The summed E-state index contributed by atoms with van der Waals surface area (Å²) in [6.45, 7) is 1.85. The topological polar surface area (TPSA) is 66.9 Å². The van der Waals surface area contributed by atoms with Crippen molar-refractivity contribution in [3.63, 3.8) is 0 Å². The highest BCUT2D eigenvalue weighted by molar-refractivity contribution is 6.07. The summed E-state index contributed by atoms with van der Waals surface area (Å²) in [6.07, 6.45) is 3.29. The average Bonchev–Trinajstić information content (AvgIpc) is 2.84. The molecule has 1 aliphatic rings. The molecular weight excluding hydrogens is 304 g/mol. The van der Waals surface area contributed by atoms with E-state index in [-0.39, 0.29) is 48.8 Å². The van der Waals surface area contributed by atoms with Gasteiger partial charge in [-0.05, 0) is 25.3 Å². The molecule has 124 valence electrons. The van der Waals surface area contributed by atoms with E-state index in [1.165, 1.54) is 0 Å². The molecule has 7 heteroatoms. The van der Waals surface area contributed by atoms with Gasteiger partial charge in [0.2, 0.25) is 5.92 Å². The van der Waals surface area contributed by atoms with Crippen molar-refractivity contribution in [2.75, 3.05) is 0 Å². The lowest BCUT2D eigenvalue weighted by Gasteiger charge is -2.28. The summed E-state index contributed by atoms with van der Waals surface area (Å²) >= 11 is 0. The second-order valence-electron chi connectivity index (χ2n) is 6.28. The van der Waals surface area contributed by atoms with E-state index in [0.29, 0.717) is 10.9 Å². The van der Waals surface area contributed by atoms with Crippen LogP contribution < -0.4 is 10.9 Å². The fraction of sp³-hybridized carbons (Fsp3) is 0.500. The minimum Gasteiger partial charge on any atom is -0.349 e. The summed E-state index contributed by atoms with van der Waals surface area (Å²) in [5.74, 6) is -3.02. The maximum Gasteiger partial charge on any atom is 0.258 e. The van der Waals surface area contributed by atoms with Gasteiger partial charge in [0.1, 0.15) is 0 Å². The van der Waals surface area contributed by atoms with Gasteiger partial charge < -0.3 is 14.9 Å². The third-order valence-electron chi connectivity index (χ3n) is 4.50. The molecule has 1 aliphatic carbocycles. The van der Waals surface area contributed by atoms with Gasteiger partial charge in [-0.25, -0.2) is 8.78 Å². The molecule has 3 rings (SSSR count). The summed E-state index contributed by atoms with van der Waals surface area (Å²) in [4.78, 5) is 27.2. The predicted octanol–water partition coefficient (Wildman–Crippen LogP) is 2.48. The number of hydrogen-bond acceptors (Lipinski definition) is 2. The minimum absolute atomic E-state index is 0.215. The highest BCUT2D eigenvalue weighted by atomic mass is 19.3. The van der Waals surface area contributed by atoms with Crippen LogP contribution in [-0.4, -0.2) is 27.4 Å². The van der Waals surface area contributed by atoms with Crippen LogP contribution >= 0.6 is 0 Å². The van der Waals surface area contributed by atoms with E-state index in [1.54, 1.807) is 24.0 Å².